The summed E-state index contributed by atoms with van der Waals surface area (Å²) in [5, 5.41) is 10.8. The van der Waals surface area contributed by atoms with Gasteiger partial charge in [0.05, 0.1) is 9.40 Å². The zero-order valence-electron chi connectivity index (χ0n) is 11.6. The third-order valence-corrected chi connectivity index (χ3v) is 3.75. The lowest BCUT2D eigenvalue weighted by Gasteiger charge is -1.98. The highest BCUT2D eigenvalue weighted by molar-refractivity contribution is 9.10. The Morgan fingerprint density at radius 2 is 1.91 bits per heavy atom. The molecule has 1 aliphatic heterocycles. The van der Waals surface area contributed by atoms with Crippen molar-refractivity contribution in [2.24, 2.45) is 4.99 Å². The van der Waals surface area contributed by atoms with Gasteiger partial charge in [-0.15, -0.1) is 0 Å². The van der Waals surface area contributed by atoms with E-state index >= 15 is 0 Å². The quantitative estimate of drug-likeness (QED) is 0.356. The van der Waals surface area contributed by atoms with Crippen LogP contribution in [0.5, 0.6) is 0 Å². The molecule has 0 amide bonds. The minimum absolute atomic E-state index is 0.0466. The molecule has 0 saturated carbocycles. The number of ether oxygens (including phenoxy) is 1. The summed E-state index contributed by atoms with van der Waals surface area (Å²) in [4.78, 5) is 26.4. The van der Waals surface area contributed by atoms with E-state index < -0.39 is 10.9 Å². The molecule has 23 heavy (non-hydrogen) atoms. The van der Waals surface area contributed by atoms with Gasteiger partial charge < -0.3 is 4.74 Å². The maximum absolute atomic E-state index is 11.9. The van der Waals surface area contributed by atoms with Gasteiger partial charge in [-0.1, -0.05) is 18.2 Å². The van der Waals surface area contributed by atoms with Crippen LogP contribution in [0.15, 0.2) is 63.7 Å². The molecule has 0 unspecified atom stereocenters. The van der Waals surface area contributed by atoms with E-state index in [4.69, 9.17) is 4.74 Å². The molecule has 0 aliphatic carbocycles. The van der Waals surface area contributed by atoms with Crippen molar-refractivity contribution in [3.8, 4) is 0 Å². The SMILES string of the molecule is O=C1OC(c2ccccc2)=NC1=Cc1ccc([N+](=O)[O-])c(Br)c1. The smallest absolute Gasteiger partial charge is 0.363 e. The first-order valence-corrected chi connectivity index (χ1v) is 7.36. The van der Waals surface area contributed by atoms with Gasteiger partial charge in [-0.3, -0.25) is 10.1 Å². The molecule has 2 aromatic carbocycles. The predicted molar refractivity (Wildman–Crippen MR) is 87.8 cm³/mol. The number of aliphatic imine (C=N–C) groups is 1. The molecular weight excluding hydrogens is 364 g/mol. The Balaban J connectivity index is 1.93. The molecule has 6 nitrogen and oxygen atoms in total. The van der Waals surface area contributed by atoms with E-state index in [0.717, 1.165) is 0 Å². The van der Waals surface area contributed by atoms with Crippen molar-refractivity contribution < 1.29 is 14.5 Å². The highest BCUT2D eigenvalue weighted by Gasteiger charge is 2.24. The number of cyclic esters (lactones) is 1. The minimum atomic E-state index is -0.557. The lowest BCUT2D eigenvalue weighted by molar-refractivity contribution is -0.385. The van der Waals surface area contributed by atoms with Gasteiger partial charge >= 0.3 is 5.97 Å². The average molecular weight is 373 g/mol. The standard InChI is InChI=1S/C16H9BrN2O4/c17-12-8-10(6-7-14(12)19(21)22)9-13-16(20)23-15(18-13)11-4-2-1-3-5-11/h1-9H. The lowest BCUT2D eigenvalue weighted by atomic mass is 10.2. The topological polar surface area (TPSA) is 81.8 Å². The van der Waals surface area contributed by atoms with Crippen LogP contribution in [-0.4, -0.2) is 16.8 Å². The summed E-state index contributed by atoms with van der Waals surface area (Å²) < 4.78 is 5.48. The lowest BCUT2D eigenvalue weighted by Crippen LogP contribution is -2.04. The molecule has 0 aromatic heterocycles. The van der Waals surface area contributed by atoms with Gasteiger partial charge in [0.1, 0.15) is 0 Å². The fourth-order valence-corrected chi connectivity index (χ4v) is 2.57. The summed E-state index contributed by atoms with van der Waals surface area (Å²) >= 11 is 3.14. The Bertz CT molecular complexity index is 860. The highest BCUT2D eigenvalue weighted by atomic mass is 79.9. The van der Waals surface area contributed by atoms with Gasteiger partial charge in [-0.25, -0.2) is 9.79 Å². The first-order chi connectivity index (χ1) is 11.0. The number of hydrogen-bond acceptors (Lipinski definition) is 5. The second-order valence-corrected chi connectivity index (χ2v) is 5.52. The van der Waals surface area contributed by atoms with Crippen LogP contribution >= 0.6 is 15.9 Å². The molecule has 7 heteroatoms. The van der Waals surface area contributed by atoms with Crippen molar-refractivity contribution in [3.05, 3.63) is 79.9 Å². The number of nitrogens with zero attached hydrogens (tertiary/aromatic N) is 2. The molecule has 1 aliphatic rings. The molecule has 114 valence electrons. The van der Waals surface area contributed by atoms with Gasteiger partial charge in [0, 0.05) is 11.6 Å². The molecule has 0 bridgehead atoms. The second-order valence-electron chi connectivity index (χ2n) is 4.67. The number of carbonyl (C=O) groups is 1. The zero-order valence-corrected chi connectivity index (χ0v) is 13.2. The average Bonchev–Trinajstić information content (AvgIpc) is 2.89. The van der Waals surface area contributed by atoms with E-state index in [1.165, 1.54) is 12.1 Å². The molecule has 1 heterocycles. The number of nitro groups is 1. The number of halogens is 1. The van der Waals surface area contributed by atoms with E-state index in [9.17, 15) is 14.9 Å². The van der Waals surface area contributed by atoms with Crippen LogP contribution in [0.1, 0.15) is 11.1 Å². The van der Waals surface area contributed by atoms with Crippen molar-refractivity contribution in [2.75, 3.05) is 0 Å². The first kappa shape index (κ1) is 15.1. The van der Waals surface area contributed by atoms with E-state index in [1.807, 2.05) is 18.2 Å². The summed E-state index contributed by atoms with van der Waals surface area (Å²) in [6.07, 6.45) is 1.52. The van der Waals surface area contributed by atoms with Crippen molar-refractivity contribution >= 4 is 39.6 Å². The number of rotatable bonds is 3. The normalized spacial score (nSPS) is 15.4. The van der Waals surface area contributed by atoms with E-state index in [1.54, 1.807) is 24.3 Å². The molecule has 0 spiro atoms. The van der Waals surface area contributed by atoms with E-state index in [0.29, 0.717) is 15.6 Å². The number of benzene rings is 2. The van der Waals surface area contributed by atoms with Crippen LogP contribution in [0.25, 0.3) is 6.08 Å². The molecule has 0 fully saturated rings. The number of nitro benzene ring substituents is 1. The van der Waals surface area contributed by atoms with Gasteiger partial charge in [0.2, 0.25) is 5.90 Å². The Morgan fingerprint density at radius 3 is 2.57 bits per heavy atom. The fourth-order valence-electron chi connectivity index (χ4n) is 2.03. The minimum Gasteiger partial charge on any atom is -0.402 e. The van der Waals surface area contributed by atoms with Crippen molar-refractivity contribution in [2.45, 2.75) is 0 Å². The van der Waals surface area contributed by atoms with Crippen molar-refractivity contribution in [1.82, 2.24) is 0 Å². The second kappa shape index (κ2) is 6.13. The largest absolute Gasteiger partial charge is 0.402 e. The van der Waals surface area contributed by atoms with Crippen LogP contribution in [-0.2, 0) is 9.53 Å². The zero-order chi connectivity index (χ0) is 16.4. The molecular formula is C16H9BrN2O4. The van der Waals surface area contributed by atoms with Gasteiger partial charge in [-0.2, -0.15) is 0 Å². The monoisotopic (exact) mass is 372 g/mol. The maximum atomic E-state index is 11.9. The first-order valence-electron chi connectivity index (χ1n) is 6.56. The van der Waals surface area contributed by atoms with Crippen LogP contribution in [0.2, 0.25) is 0 Å². The Kier molecular flexibility index (Phi) is 4.03. The van der Waals surface area contributed by atoms with E-state index in [2.05, 4.69) is 20.9 Å². The van der Waals surface area contributed by atoms with Gasteiger partial charge in [-0.05, 0) is 51.8 Å². The fraction of sp³-hybridized carbons (Fsp3) is 0. The Labute approximate surface area is 139 Å². The molecule has 2 aromatic rings. The highest BCUT2D eigenvalue weighted by Crippen LogP contribution is 2.27. The molecule has 0 saturated heterocycles. The van der Waals surface area contributed by atoms with Crippen LogP contribution in [0.3, 0.4) is 0 Å². The summed E-state index contributed by atoms with van der Waals surface area (Å²) in [7, 11) is 0. The van der Waals surface area contributed by atoms with E-state index in [-0.39, 0.29) is 17.3 Å². The maximum Gasteiger partial charge on any atom is 0.363 e. The van der Waals surface area contributed by atoms with Crippen molar-refractivity contribution in [1.29, 1.82) is 0 Å². The molecule has 3 rings (SSSR count). The molecule has 0 atom stereocenters. The number of carbonyl (C=O) groups excluding carboxylic acids is 1. The van der Waals surface area contributed by atoms with Crippen molar-refractivity contribution in [3.63, 3.8) is 0 Å². The summed E-state index contributed by atoms with van der Waals surface area (Å²) in [6.45, 7) is 0. The van der Waals surface area contributed by atoms with Crippen LogP contribution in [0.4, 0.5) is 5.69 Å². The molecule has 0 N–H and O–H groups in total. The predicted octanol–water partition coefficient (Wildman–Crippen LogP) is 3.70. The summed E-state index contributed by atoms with van der Waals surface area (Å²) in [6, 6.07) is 13.5. The summed E-state index contributed by atoms with van der Waals surface area (Å²) in [5.74, 6) is -0.318. The number of hydrogen-bond donors (Lipinski definition) is 0. The Morgan fingerprint density at radius 1 is 1.17 bits per heavy atom. The van der Waals surface area contributed by atoms with Gasteiger partial charge in [0.15, 0.2) is 5.70 Å². The Hall–Kier alpha value is -2.80. The molecule has 0 radical (unpaired) electrons. The van der Waals surface area contributed by atoms with Crippen LogP contribution in [0, 0.1) is 10.1 Å². The summed E-state index contributed by atoms with van der Waals surface area (Å²) in [5.41, 5.74) is 1.40. The van der Waals surface area contributed by atoms with Gasteiger partial charge in [0.25, 0.3) is 5.69 Å². The van der Waals surface area contributed by atoms with Crippen LogP contribution < -0.4 is 0 Å². The third-order valence-electron chi connectivity index (χ3n) is 3.11. The third kappa shape index (κ3) is 3.19. The number of esters is 1.